The lowest BCUT2D eigenvalue weighted by Gasteiger charge is -2.34. The van der Waals surface area contributed by atoms with Crippen LogP contribution in [-0.2, 0) is 44.8 Å². The van der Waals surface area contributed by atoms with Crippen molar-refractivity contribution in [3.8, 4) is 5.75 Å². The second kappa shape index (κ2) is 41.0. The van der Waals surface area contributed by atoms with Gasteiger partial charge in [0.15, 0.2) is 0 Å². The Kier molecular flexibility index (Phi) is 33.1. The second-order valence-corrected chi connectivity index (χ2v) is 25.8. The van der Waals surface area contributed by atoms with Crippen LogP contribution >= 0.6 is 22.6 Å². The number of unbranched alkanes of at least 4 members (excludes halogenated alkanes) is 4. The van der Waals surface area contributed by atoms with Crippen molar-refractivity contribution in [1.29, 1.82) is 0 Å². The normalized spacial score (nSPS) is 17.7. The fourth-order valence-electron chi connectivity index (χ4n) is 11.7. The van der Waals surface area contributed by atoms with Gasteiger partial charge in [-0.2, -0.15) is 0 Å². The number of alkyl halides is 2. The van der Waals surface area contributed by atoms with Gasteiger partial charge in [-0.1, -0.05) is 18.6 Å². The van der Waals surface area contributed by atoms with Crippen molar-refractivity contribution in [3.05, 3.63) is 69.4 Å². The van der Waals surface area contributed by atoms with E-state index in [0.717, 1.165) is 52.9 Å². The van der Waals surface area contributed by atoms with Crippen LogP contribution in [0, 0.1) is 3.57 Å². The lowest BCUT2D eigenvalue weighted by Crippen LogP contribution is -2.52. The monoisotopic (exact) mass is 1460 g/mol. The smallest absolute Gasteiger partial charge is 0.317 e. The minimum atomic E-state index is -3.05. The first kappa shape index (κ1) is 77.6. The van der Waals surface area contributed by atoms with Gasteiger partial charge in [0, 0.05) is 139 Å². The van der Waals surface area contributed by atoms with E-state index in [1.54, 1.807) is 44.7 Å². The number of benzene rings is 2. The summed E-state index contributed by atoms with van der Waals surface area (Å²) in [5, 5.41) is 40.7. The van der Waals surface area contributed by atoms with E-state index in [0.29, 0.717) is 107 Å². The summed E-state index contributed by atoms with van der Waals surface area (Å²) in [6, 6.07) is 13.1. The van der Waals surface area contributed by atoms with Crippen LogP contribution in [0.5, 0.6) is 5.75 Å². The third-order valence-electron chi connectivity index (χ3n) is 16.9. The van der Waals surface area contributed by atoms with Crippen LogP contribution in [0.3, 0.4) is 0 Å². The molecule has 0 aliphatic carbocycles. The predicted molar refractivity (Wildman–Crippen MR) is 365 cm³/mol. The van der Waals surface area contributed by atoms with Gasteiger partial charge in [0.2, 0.25) is 29.5 Å². The molecule has 4 heterocycles. The number of carboxylic acids is 3. The standard InChI is InChI=1S/C66H95F2IN14O13/c1-48(75-57(84)13-10-11-49-15-17-50(69)18-16-49)71-22-7-5-12-56(76-58(85)43-78-26-28-79(44-61(88)89)30-32-81(46-63(92)93)33-31-80(29-27-78)45-62(90)91)65(95)73-23-6-3-4-14-59(86)82-36-34-77(35-37-82)25-8-9-38-96-52-19-20-55-54(39-52)53(21-24-72-55)64(94)74-42-60(87)83-47-66(67,68)40-51(83)41-70-2/h15-21,24,39,41,51,56H,3-14,22-23,25-38,40,42-47H2,1-2H3,(H,73,95)(H,74,94)(H,76,85)(H,88,89)(H,90,91)(H,92,93)(H,71,75,84)/t51-,56+/m1/s1. The van der Waals surface area contributed by atoms with Crippen LogP contribution in [0.4, 0.5) is 8.78 Å². The number of fused-ring (bicyclic) bond motifs is 1. The molecule has 0 radical (unpaired) electrons. The molecule has 1 aromatic heterocycles. The topological polar surface area (TPSA) is 332 Å². The van der Waals surface area contributed by atoms with Crippen LogP contribution in [0.15, 0.2) is 64.7 Å². The number of nitrogens with one attached hydrogen (secondary N) is 4. The van der Waals surface area contributed by atoms with E-state index >= 15 is 0 Å². The molecule has 2 aromatic carbocycles. The van der Waals surface area contributed by atoms with Gasteiger partial charge in [0.1, 0.15) is 11.8 Å². The Morgan fingerprint density at radius 3 is 1.95 bits per heavy atom. The first-order chi connectivity index (χ1) is 46.0. The first-order valence-corrected chi connectivity index (χ1v) is 34.2. The number of carbonyl (C=O) groups excluding carboxylic acids is 6. The molecule has 2 atom stereocenters. The molecule has 0 unspecified atom stereocenters. The number of halogens is 3. The van der Waals surface area contributed by atoms with Crippen LogP contribution < -0.4 is 26.0 Å². The van der Waals surface area contributed by atoms with E-state index in [1.807, 2.05) is 17.0 Å². The zero-order valence-corrected chi connectivity index (χ0v) is 57.4. The Bertz CT molecular complexity index is 3090. The fourth-order valence-corrected chi connectivity index (χ4v) is 12.1. The van der Waals surface area contributed by atoms with E-state index in [-0.39, 0.29) is 108 Å². The summed E-state index contributed by atoms with van der Waals surface area (Å²) in [6.07, 6.45) is 9.25. The highest BCUT2D eigenvalue weighted by molar-refractivity contribution is 14.1. The van der Waals surface area contributed by atoms with Crippen LogP contribution in [0.1, 0.15) is 99.9 Å². The minimum Gasteiger partial charge on any atom is -0.494 e. The van der Waals surface area contributed by atoms with E-state index < -0.39 is 73.1 Å². The number of hydrogen-bond donors (Lipinski definition) is 7. The summed E-state index contributed by atoms with van der Waals surface area (Å²) in [5.74, 6) is -7.34. The molecule has 3 saturated heterocycles. The fraction of sp³-hybridized carbons (Fsp3) is 0.606. The lowest BCUT2D eigenvalue weighted by molar-refractivity contribution is -0.140. The number of amides is 6. The van der Waals surface area contributed by atoms with Gasteiger partial charge in [0.25, 0.3) is 11.8 Å². The van der Waals surface area contributed by atoms with Crippen LogP contribution in [-0.4, -0.2) is 289 Å². The predicted octanol–water partition coefficient (Wildman–Crippen LogP) is 3.17. The molecule has 3 fully saturated rings. The van der Waals surface area contributed by atoms with Gasteiger partial charge < -0.3 is 51.1 Å². The Hall–Kier alpha value is -7.39. The van der Waals surface area contributed by atoms with Crippen molar-refractivity contribution in [2.45, 2.75) is 108 Å². The maximum Gasteiger partial charge on any atom is 0.317 e. The maximum absolute atomic E-state index is 14.1. The SMILES string of the molecule is CN=C[C@H]1CC(F)(F)CN1C(=O)CNC(=O)c1ccnc2ccc(OCCCCN3CCN(C(=O)CCCCCNC(=O)[C@H](CCCCN=C(C)NC(=O)CCCc4ccc(I)cc4)NC(=O)CN4CCN(CC(=O)O)CCN(CC(=O)O)CCN(CC(=O)O)CC4)CC3)cc12. The number of hydrogen-bond acceptors (Lipinski definition) is 18. The van der Waals surface area contributed by atoms with Gasteiger partial charge in [-0.25, -0.2) is 8.78 Å². The first-order valence-electron chi connectivity index (χ1n) is 33.1. The van der Waals surface area contributed by atoms with Gasteiger partial charge >= 0.3 is 17.9 Å². The number of pyridine rings is 1. The van der Waals surface area contributed by atoms with E-state index in [4.69, 9.17) is 4.74 Å². The molecule has 0 saturated carbocycles. The molecule has 96 heavy (non-hydrogen) atoms. The molecule has 3 aliphatic heterocycles. The number of aryl methyl sites for hydroxylation is 1. The molecule has 0 bridgehead atoms. The number of amidine groups is 1. The van der Waals surface area contributed by atoms with E-state index in [2.05, 4.69) is 75.9 Å². The average molecular weight is 1460 g/mol. The van der Waals surface area contributed by atoms with Crippen molar-refractivity contribution in [2.24, 2.45) is 9.98 Å². The van der Waals surface area contributed by atoms with Crippen molar-refractivity contribution in [3.63, 3.8) is 0 Å². The number of nitrogens with zero attached hydrogens (tertiary/aromatic N) is 10. The number of rotatable bonds is 35. The number of likely N-dealkylation sites (tertiary alicyclic amines) is 1. The van der Waals surface area contributed by atoms with Crippen molar-refractivity contribution >= 4 is 98.9 Å². The number of piperazine rings is 1. The number of ether oxygens (including phenoxy) is 1. The molecule has 0 spiro atoms. The van der Waals surface area contributed by atoms with Crippen LogP contribution in [0.2, 0.25) is 0 Å². The molecular weight excluding hydrogens is 1360 g/mol. The summed E-state index contributed by atoms with van der Waals surface area (Å²) >= 11 is 2.25. The summed E-state index contributed by atoms with van der Waals surface area (Å²) < 4.78 is 35.5. The summed E-state index contributed by atoms with van der Waals surface area (Å²) in [5.41, 5.74) is 1.96. The number of carbonyl (C=O) groups is 9. The molecule has 27 nitrogen and oxygen atoms in total. The molecular formula is C66H95F2IN14O13. The molecule has 30 heteroatoms. The van der Waals surface area contributed by atoms with Crippen molar-refractivity contribution in [2.75, 3.05) is 151 Å². The molecule has 6 amide bonds. The highest BCUT2D eigenvalue weighted by Gasteiger charge is 2.46. The molecule has 7 N–H and O–H groups in total. The Morgan fingerprint density at radius 1 is 0.698 bits per heavy atom. The van der Waals surface area contributed by atoms with E-state index in [9.17, 15) is 67.3 Å². The third kappa shape index (κ3) is 28.7. The summed E-state index contributed by atoms with van der Waals surface area (Å²) in [6.45, 7) is 5.76. The highest BCUT2D eigenvalue weighted by atomic mass is 127. The number of aromatic nitrogens is 1. The molecule has 3 aromatic rings. The molecule has 528 valence electrons. The number of carboxylic acid groups (broad SMARTS) is 3. The van der Waals surface area contributed by atoms with Gasteiger partial charge in [-0.3, -0.25) is 82.6 Å². The Labute approximate surface area is 573 Å². The average Bonchev–Trinajstić information content (AvgIpc) is 1.50. The van der Waals surface area contributed by atoms with E-state index in [1.165, 1.54) is 25.5 Å². The summed E-state index contributed by atoms with van der Waals surface area (Å²) in [7, 11) is 1.45. The third-order valence-corrected chi connectivity index (χ3v) is 17.6. The van der Waals surface area contributed by atoms with Crippen LogP contribution in [0.25, 0.3) is 10.9 Å². The summed E-state index contributed by atoms with van der Waals surface area (Å²) in [4.78, 5) is 140. The Balaban J connectivity index is 0.920. The minimum absolute atomic E-state index is 0.0689. The quantitative estimate of drug-likeness (QED) is 0.0192. The molecule has 6 rings (SSSR count). The van der Waals surface area contributed by atoms with Gasteiger partial charge in [0.05, 0.1) is 68.8 Å². The van der Waals surface area contributed by atoms with Gasteiger partial charge in [-0.15, -0.1) is 0 Å². The van der Waals surface area contributed by atoms with Crippen molar-refractivity contribution in [1.82, 2.24) is 60.6 Å². The Morgan fingerprint density at radius 2 is 1.32 bits per heavy atom. The lowest BCUT2D eigenvalue weighted by atomic mass is 10.1. The zero-order chi connectivity index (χ0) is 69.4. The highest BCUT2D eigenvalue weighted by Crippen LogP contribution is 2.31. The number of aliphatic imine (C=N–C) groups is 2. The maximum atomic E-state index is 14.1. The van der Waals surface area contributed by atoms with Gasteiger partial charge in [-0.05, 0) is 136 Å². The zero-order valence-electron chi connectivity index (χ0n) is 55.2. The van der Waals surface area contributed by atoms with Crippen molar-refractivity contribution < 1.29 is 72.0 Å². The largest absolute Gasteiger partial charge is 0.494 e. The number of aliphatic carboxylic acids is 3. The molecule has 3 aliphatic rings. The second-order valence-electron chi connectivity index (χ2n) is 24.6.